The largest absolute Gasteiger partial charge is 0.368 e. The third-order valence-electron chi connectivity index (χ3n) is 6.95. The van der Waals surface area contributed by atoms with E-state index in [2.05, 4.69) is 64.7 Å². The Labute approximate surface area is 199 Å². The molecule has 34 heavy (non-hydrogen) atoms. The molecule has 0 radical (unpaired) electrons. The highest BCUT2D eigenvalue weighted by Gasteiger charge is 2.28. The van der Waals surface area contributed by atoms with Crippen molar-refractivity contribution in [3.8, 4) is 0 Å². The molecule has 2 N–H and O–H groups in total. The smallest absolute Gasteiger partial charge is 0.267 e. The maximum Gasteiger partial charge on any atom is 0.267 e. The highest BCUT2D eigenvalue weighted by molar-refractivity contribution is 5.97. The number of anilines is 2. The Morgan fingerprint density at radius 3 is 2.44 bits per heavy atom. The topological polar surface area (TPSA) is 82.8 Å². The number of nitrogens with two attached hydrogens (primary N) is 1. The van der Waals surface area contributed by atoms with Crippen LogP contribution in [0.1, 0.15) is 27.3 Å². The minimum atomic E-state index is -0.525. The van der Waals surface area contributed by atoms with Gasteiger partial charge in [0.05, 0.1) is 12.2 Å². The van der Waals surface area contributed by atoms with E-state index in [0.717, 1.165) is 24.3 Å². The first-order valence-corrected chi connectivity index (χ1v) is 11.7. The number of piperazine rings is 1. The van der Waals surface area contributed by atoms with E-state index in [9.17, 15) is 9.59 Å². The number of hydrogen-bond acceptors (Lipinski definition) is 5. The minimum absolute atomic E-state index is 0.0461. The molecular formula is C27H29N5O2. The molecule has 2 aromatic carbocycles. The Morgan fingerprint density at radius 1 is 1.00 bits per heavy atom. The highest BCUT2D eigenvalue weighted by Crippen LogP contribution is 2.35. The summed E-state index contributed by atoms with van der Waals surface area (Å²) >= 11 is 0. The van der Waals surface area contributed by atoms with Gasteiger partial charge in [-0.3, -0.25) is 9.59 Å². The summed E-state index contributed by atoms with van der Waals surface area (Å²) in [5, 5.41) is 2.47. The number of hydrogen-bond donors (Lipinski definition) is 1. The molecule has 0 unspecified atom stereocenters. The molecule has 3 heterocycles. The number of carbonyl (C=O) groups is 2. The number of aromatic nitrogens is 1. The Morgan fingerprint density at radius 2 is 1.74 bits per heavy atom. The summed E-state index contributed by atoms with van der Waals surface area (Å²) in [6, 6.07) is 14.6. The van der Waals surface area contributed by atoms with E-state index in [1.54, 1.807) is 4.90 Å². The van der Waals surface area contributed by atoms with E-state index in [-0.39, 0.29) is 11.6 Å². The molecule has 2 amide bonds. The summed E-state index contributed by atoms with van der Waals surface area (Å²) < 4.78 is 0. The normalized spacial score (nSPS) is 15.9. The molecule has 7 heteroatoms. The molecule has 7 nitrogen and oxygen atoms in total. The predicted octanol–water partition coefficient (Wildman–Crippen LogP) is 3.04. The lowest BCUT2D eigenvalue weighted by Crippen LogP contribution is -2.49. The monoisotopic (exact) mass is 455 g/mol. The quantitative estimate of drug-likeness (QED) is 0.612. The van der Waals surface area contributed by atoms with Gasteiger partial charge in [-0.1, -0.05) is 36.9 Å². The van der Waals surface area contributed by atoms with Crippen molar-refractivity contribution < 1.29 is 9.59 Å². The fraction of sp³-hybridized carbons (Fsp3) is 0.296. The third-order valence-corrected chi connectivity index (χ3v) is 6.95. The predicted molar refractivity (Wildman–Crippen MR) is 135 cm³/mol. The maximum absolute atomic E-state index is 12.1. The molecule has 174 valence electrons. The van der Waals surface area contributed by atoms with Crippen molar-refractivity contribution in [3.05, 3.63) is 77.6 Å². The number of benzene rings is 2. The standard InChI is InChI=1S/C27H29N5O2/c1-3-25(33)31-14-12-30(13-15-31)24-16-21(27(28)34)29-22-17-32(11-10-20(22)24)23-9-5-8-19-7-4-6-18(2)26(19)23/h3-9,16H,1,10-15,17H2,2H3,(H2,28,34). The van der Waals surface area contributed by atoms with Crippen LogP contribution >= 0.6 is 0 Å². The molecule has 0 atom stereocenters. The zero-order valence-electron chi connectivity index (χ0n) is 19.5. The van der Waals surface area contributed by atoms with Crippen molar-refractivity contribution >= 4 is 34.0 Å². The number of pyridine rings is 1. The van der Waals surface area contributed by atoms with Gasteiger partial charge in [0.2, 0.25) is 5.91 Å². The first-order chi connectivity index (χ1) is 16.5. The van der Waals surface area contributed by atoms with Gasteiger partial charge in [-0.2, -0.15) is 0 Å². The van der Waals surface area contributed by atoms with Crippen LogP contribution < -0.4 is 15.5 Å². The first kappa shape index (κ1) is 21.9. The second kappa shape index (κ2) is 8.82. The number of fused-ring (bicyclic) bond motifs is 2. The van der Waals surface area contributed by atoms with Crippen molar-refractivity contribution in [2.45, 2.75) is 19.9 Å². The van der Waals surface area contributed by atoms with Crippen LogP contribution in [0.5, 0.6) is 0 Å². The van der Waals surface area contributed by atoms with Crippen LogP contribution in [0.4, 0.5) is 11.4 Å². The average Bonchev–Trinajstić information content (AvgIpc) is 2.87. The molecule has 0 spiro atoms. The van der Waals surface area contributed by atoms with Crippen LogP contribution in [0.2, 0.25) is 0 Å². The van der Waals surface area contributed by atoms with Crippen LogP contribution in [0.3, 0.4) is 0 Å². The highest BCUT2D eigenvalue weighted by atomic mass is 16.2. The Bertz CT molecular complexity index is 1290. The van der Waals surface area contributed by atoms with Crippen molar-refractivity contribution in [1.82, 2.24) is 9.88 Å². The van der Waals surface area contributed by atoms with Crippen molar-refractivity contribution in [2.75, 3.05) is 42.5 Å². The van der Waals surface area contributed by atoms with Crippen molar-refractivity contribution in [1.29, 1.82) is 0 Å². The van der Waals surface area contributed by atoms with Crippen LogP contribution in [0.25, 0.3) is 10.8 Å². The Balaban J connectivity index is 1.49. The fourth-order valence-electron chi connectivity index (χ4n) is 5.20. The van der Waals surface area contributed by atoms with Gasteiger partial charge in [-0.05, 0) is 42.5 Å². The van der Waals surface area contributed by atoms with Gasteiger partial charge >= 0.3 is 0 Å². The van der Waals surface area contributed by atoms with E-state index in [1.165, 1.54) is 33.7 Å². The zero-order chi connectivity index (χ0) is 23.8. The van der Waals surface area contributed by atoms with Gasteiger partial charge in [0.15, 0.2) is 0 Å². The lowest BCUT2D eigenvalue weighted by molar-refractivity contribution is -0.126. The van der Waals surface area contributed by atoms with E-state index < -0.39 is 5.91 Å². The summed E-state index contributed by atoms with van der Waals surface area (Å²) in [4.78, 5) is 35.2. The summed E-state index contributed by atoms with van der Waals surface area (Å²) in [6.07, 6.45) is 2.18. The van der Waals surface area contributed by atoms with Crippen LogP contribution in [0, 0.1) is 6.92 Å². The summed E-state index contributed by atoms with van der Waals surface area (Å²) in [7, 11) is 0. The average molecular weight is 456 g/mol. The molecular weight excluding hydrogens is 426 g/mol. The fourth-order valence-corrected chi connectivity index (χ4v) is 5.20. The number of nitrogens with zero attached hydrogens (tertiary/aromatic N) is 4. The van der Waals surface area contributed by atoms with Crippen LogP contribution in [-0.4, -0.2) is 54.4 Å². The molecule has 3 aromatic rings. The van der Waals surface area contributed by atoms with E-state index in [4.69, 9.17) is 5.73 Å². The van der Waals surface area contributed by atoms with Crippen molar-refractivity contribution in [2.24, 2.45) is 5.73 Å². The Hall–Kier alpha value is -3.87. The van der Waals surface area contributed by atoms with E-state index in [1.807, 2.05) is 6.07 Å². The summed E-state index contributed by atoms with van der Waals surface area (Å²) in [5.41, 5.74) is 11.5. The first-order valence-electron chi connectivity index (χ1n) is 11.7. The van der Waals surface area contributed by atoms with Gasteiger partial charge in [0.25, 0.3) is 5.91 Å². The Kier molecular flexibility index (Phi) is 5.69. The molecule has 1 fully saturated rings. The maximum atomic E-state index is 12.1. The van der Waals surface area contributed by atoms with E-state index in [0.29, 0.717) is 32.7 Å². The zero-order valence-corrected chi connectivity index (χ0v) is 19.5. The van der Waals surface area contributed by atoms with E-state index >= 15 is 0 Å². The van der Waals surface area contributed by atoms with Gasteiger partial charge in [0, 0.05) is 55.0 Å². The van der Waals surface area contributed by atoms with Crippen molar-refractivity contribution in [3.63, 3.8) is 0 Å². The number of primary amides is 1. The second-order valence-electron chi connectivity index (χ2n) is 8.95. The SMILES string of the molecule is C=CC(=O)N1CCN(c2cc(C(N)=O)nc3c2CCN(c2cccc4cccc(C)c24)C3)CC1. The third kappa shape index (κ3) is 3.87. The lowest BCUT2D eigenvalue weighted by Gasteiger charge is -2.39. The number of aryl methyl sites for hydroxylation is 1. The molecule has 2 aliphatic heterocycles. The van der Waals surface area contributed by atoms with Gasteiger partial charge in [0.1, 0.15) is 5.69 Å². The molecule has 2 aliphatic rings. The second-order valence-corrected chi connectivity index (χ2v) is 8.95. The molecule has 5 rings (SSSR count). The van der Waals surface area contributed by atoms with Crippen LogP contribution in [-0.2, 0) is 17.8 Å². The minimum Gasteiger partial charge on any atom is -0.368 e. The molecule has 0 aliphatic carbocycles. The molecule has 0 bridgehead atoms. The number of rotatable bonds is 4. The van der Waals surface area contributed by atoms with Gasteiger partial charge in [-0.25, -0.2) is 4.98 Å². The summed E-state index contributed by atoms with van der Waals surface area (Å²) in [6.45, 7) is 9.84. The molecule has 1 aromatic heterocycles. The molecule has 1 saturated heterocycles. The summed E-state index contributed by atoms with van der Waals surface area (Å²) in [5.74, 6) is -0.571. The molecule has 0 saturated carbocycles. The lowest BCUT2D eigenvalue weighted by atomic mass is 9.97. The number of amides is 2. The van der Waals surface area contributed by atoms with Gasteiger partial charge in [-0.15, -0.1) is 0 Å². The van der Waals surface area contributed by atoms with Gasteiger partial charge < -0.3 is 20.4 Å². The number of carbonyl (C=O) groups excluding carboxylic acids is 2. The van der Waals surface area contributed by atoms with Crippen LogP contribution in [0.15, 0.2) is 55.1 Å².